The summed E-state index contributed by atoms with van der Waals surface area (Å²) >= 11 is 0. The average molecular weight is 598 g/mol. The smallest absolute Gasteiger partial charge is 0.338 e. The molecule has 0 saturated carbocycles. The Bertz CT molecular complexity index is 1590. The van der Waals surface area contributed by atoms with Gasteiger partial charge in [0.05, 0.1) is 42.8 Å². The molecule has 11 heteroatoms. The van der Waals surface area contributed by atoms with E-state index in [1.54, 1.807) is 42.2 Å². The first kappa shape index (κ1) is 30.5. The summed E-state index contributed by atoms with van der Waals surface area (Å²) in [6.07, 6.45) is 0. The van der Waals surface area contributed by atoms with Crippen LogP contribution >= 0.6 is 0 Å². The number of aliphatic hydroxyl groups excluding tert-OH is 1. The summed E-state index contributed by atoms with van der Waals surface area (Å²) in [5.74, 6) is -1.02. The Kier molecular flexibility index (Phi) is 9.37. The number of piperazine rings is 1. The maximum atomic E-state index is 13.3. The van der Waals surface area contributed by atoms with Gasteiger partial charge < -0.3 is 30.7 Å². The van der Waals surface area contributed by atoms with Gasteiger partial charge in [0.2, 0.25) is 5.91 Å². The highest BCUT2D eigenvalue weighted by molar-refractivity contribution is 6.37. The summed E-state index contributed by atoms with van der Waals surface area (Å²) in [5, 5.41) is 17.8. The number of carbonyl (C=O) groups is 4. The number of hydrogen-bond donors (Lipinski definition) is 4. The second-order valence-corrected chi connectivity index (χ2v) is 10.6. The monoisotopic (exact) mass is 597 g/mol. The predicted octanol–water partition coefficient (Wildman–Crippen LogP) is 2.58. The molecular formula is C33H35N5O6. The SMILES string of the molecule is COC(=O)c1cc2c(cc1C)/C(=C(/Nc1ccc(C(=O)N3CCN(CC(=O)NCCO)CC3)cc1)c1ccccc1)C(=O)N2. The summed E-state index contributed by atoms with van der Waals surface area (Å²) in [6, 6.07) is 20.0. The molecule has 1 fully saturated rings. The molecule has 0 unspecified atom stereocenters. The molecule has 3 aromatic carbocycles. The third-order valence-electron chi connectivity index (χ3n) is 7.69. The van der Waals surface area contributed by atoms with E-state index in [9.17, 15) is 19.2 Å². The maximum absolute atomic E-state index is 13.3. The van der Waals surface area contributed by atoms with Crippen molar-refractivity contribution in [2.24, 2.45) is 0 Å². The Morgan fingerprint density at radius 3 is 2.32 bits per heavy atom. The molecule has 1 saturated heterocycles. The van der Waals surface area contributed by atoms with Crippen LogP contribution < -0.4 is 16.0 Å². The van der Waals surface area contributed by atoms with Gasteiger partial charge in [-0.15, -0.1) is 0 Å². The number of nitrogens with zero attached hydrogens (tertiary/aromatic N) is 2. The van der Waals surface area contributed by atoms with Gasteiger partial charge in [-0.25, -0.2) is 4.79 Å². The lowest BCUT2D eigenvalue weighted by molar-refractivity contribution is -0.122. The first-order valence-corrected chi connectivity index (χ1v) is 14.4. The van der Waals surface area contributed by atoms with E-state index in [-0.39, 0.29) is 37.4 Å². The van der Waals surface area contributed by atoms with Crippen molar-refractivity contribution in [3.8, 4) is 0 Å². The quantitative estimate of drug-likeness (QED) is 0.218. The van der Waals surface area contributed by atoms with E-state index in [0.29, 0.717) is 71.1 Å². The number of aryl methyl sites for hydroxylation is 1. The number of methoxy groups -OCH3 is 1. The number of nitrogens with one attached hydrogen (secondary N) is 3. The van der Waals surface area contributed by atoms with Gasteiger partial charge >= 0.3 is 5.97 Å². The van der Waals surface area contributed by atoms with E-state index in [1.165, 1.54) is 7.11 Å². The van der Waals surface area contributed by atoms with Gasteiger partial charge in [-0.05, 0) is 54.4 Å². The number of rotatable bonds is 9. The minimum Gasteiger partial charge on any atom is -0.465 e. The fourth-order valence-corrected chi connectivity index (χ4v) is 5.37. The molecular weight excluding hydrogens is 562 g/mol. The van der Waals surface area contributed by atoms with E-state index in [0.717, 1.165) is 5.56 Å². The Labute approximate surface area is 255 Å². The van der Waals surface area contributed by atoms with Crippen LogP contribution in [0, 0.1) is 6.92 Å². The van der Waals surface area contributed by atoms with E-state index >= 15 is 0 Å². The molecule has 0 radical (unpaired) electrons. The third-order valence-corrected chi connectivity index (χ3v) is 7.69. The minimum atomic E-state index is -0.475. The lowest BCUT2D eigenvalue weighted by atomic mass is 9.96. The minimum absolute atomic E-state index is 0.0939. The molecule has 11 nitrogen and oxygen atoms in total. The highest BCUT2D eigenvalue weighted by Gasteiger charge is 2.30. The van der Waals surface area contributed by atoms with Crippen LogP contribution in [0.15, 0.2) is 66.7 Å². The van der Waals surface area contributed by atoms with Gasteiger partial charge in [-0.1, -0.05) is 30.3 Å². The van der Waals surface area contributed by atoms with Crippen LogP contribution in [0.3, 0.4) is 0 Å². The standard InChI is InChI=1S/C33H35N5O6/c1-21-18-26-27(19-25(21)33(43)44-2)36-31(41)29(26)30(22-6-4-3-5-7-22)35-24-10-8-23(9-11-24)32(42)38-15-13-37(14-16-38)20-28(40)34-12-17-39/h3-11,18-19,35,39H,12-17,20H2,1-2H3,(H,34,40)(H,36,41)/b30-29-. The lowest BCUT2D eigenvalue weighted by Gasteiger charge is -2.34. The number of aliphatic hydroxyl groups is 1. The lowest BCUT2D eigenvalue weighted by Crippen LogP contribution is -2.51. The van der Waals surface area contributed by atoms with Crippen molar-refractivity contribution < 1.29 is 29.0 Å². The summed E-state index contributed by atoms with van der Waals surface area (Å²) in [5.41, 5.74) is 5.31. The second kappa shape index (κ2) is 13.5. The van der Waals surface area contributed by atoms with Crippen LogP contribution in [0.25, 0.3) is 11.3 Å². The van der Waals surface area contributed by atoms with Crippen LogP contribution in [0.5, 0.6) is 0 Å². The van der Waals surface area contributed by atoms with Crippen LogP contribution in [-0.2, 0) is 14.3 Å². The van der Waals surface area contributed by atoms with E-state index in [4.69, 9.17) is 9.84 Å². The van der Waals surface area contributed by atoms with Gasteiger partial charge in [0.15, 0.2) is 0 Å². The number of anilines is 2. The highest BCUT2D eigenvalue weighted by atomic mass is 16.5. The number of esters is 1. The van der Waals surface area contributed by atoms with Crippen molar-refractivity contribution in [1.29, 1.82) is 0 Å². The molecule has 0 aromatic heterocycles. The number of benzene rings is 3. The largest absolute Gasteiger partial charge is 0.465 e. The zero-order valence-corrected chi connectivity index (χ0v) is 24.7. The first-order valence-electron chi connectivity index (χ1n) is 14.4. The van der Waals surface area contributed by atoms with Crippen molar-refractivity contribution in [2.45, 2.75) is 6.92 Å². The summed E-state index contributed by atoms with van der Waals surface area (Å²) < 4.78 is 4.89. The molecule has 3 amide bonds. The summed E-state index contributed by atoms with van der Waals surface area (Å²) in [6.45, 7) is 4.32. The summed E-state index contributed by atoms with van der Waals surface area (Å²) in [7, 11) is 1.32. The van der Waals surface area contributed by atoms with Gasteiger partial charge in [0, 0.05) is 49.5 Å². The van der Waals surface area contributed by atoms with Crippen molar-refractivity contribution in [1.82, 2.24) is 15.1 Å². The van der Waals surface area contributed by atoms with E-state index < -0.39 is 5.97 Å². The Morgan fingerprint density at radius 1 is 0.955 bits per heavy atom. The molecule has 0 bridgehead atoms. The number of amides is 3. The molecule has 4 N–H and O–H groups in total. The van der Waals surface area contributed by atoms with Gasteiger partial charge in [-0.2, -0.15) is 0 Å². The molecule has 3 aromatic rings. The molecule has 44 heavy (non-hydrogen) atoms. The number of hydrogen-bond acceptors (Lipinski definition) is 8. The van der Waals surface area contributed by atoms with Crippen molar-refractivity contribution >= 4 is 46.3 Å². The molecule has 5 rings (SSSR count). The molecule has 2 heterocycles. The fourth-order valence-electron chi connectivity index (χ4n) is 5.37. The Hall–Kier alpha value is -5.00. The normalized spacial score (nSPS) is 15.7. The molecule has 0 spiro atoms. The maximum Gasteiger partial charge on any atom is 0.338 e. The van der Waals surface area contributed by atoms with Gasteiger partial charge in [0.1, 0.15) is 0 Å². The number of fused-ring (bicyclic) bond motifs is 1. The molecule has 0 aliphatic carbocycles. The molecule has 2 aliphatic rings. The van der Waals surface area contributed by atoms with E-state index in [1.807, 2.05) is 41.3 Å². The number of carbonyl (C=O) groups excluding carboxylic acids is 4. The Morgan fingerprint density at radius 2 is 1.66 bits per heavy atom. The average Bonchev–Trinajstić information content (AvgIpc) is 3.36. The Balaban J connectivity index is 1.35. The summed E-state index contributed by atoms with van der Waals surface area (Å²) in [4.78, 5) is 54.5. The topological polar surface area (TPSA) is 140 Å². The van der Waals surface area contributed by atoms with Crippen LogP contribution in [-0.4, -0.2) is 91.6 Å². The van der Waals surface area contributed by atoms with Crippen molar-refractivity contribution in [2.75, 3.05) is 63.6 Å². The second-order valence-electron chi connectivity index (χ2n) is 10.6. The van der Waals surface area contributed by atoms with Crippen LogP contribution in [0.4, 0.5) is 11.4 Å². The van der Waals surface area contributed by atoms with E-state index in [2.05, 4.69) is 16.0 Å². The first-order chi connectivity index (χ1) is 21.3. The zero-order valence-electron chi connectivity index (χ0n) is 24.7. The van der Waals surface area contributed by atoms with Crippen LogP contribution in [0.2, 0.25) is 0 Å². The van der Waals surface area contributed by atoms with Gasteiger partial charge in [0.25, 0.3) is 11.8 Å². The zero-order chi connectivity index (χ0) is 31.2. The van der Waals surface area contributed by atoms with Gasteiger partial charge in [-0.3, -0.25) is 19.3 Å². The van der Waals surface area contributed by atoms with Crippen molar-refractivity contribution in [3.63, 3.8) is 0 Å². The number of ether oxygens (including phenoxy) is 1. The molecule has 228 valence electrons. The van der Waals surface area contributed by atoms with Crippen molar-refractivity contribution in [3.05, 3.63) is 94.5 Å². The fraction of sp³-hybridized carbons (Fsp3) is 0.273. The van der Waals surface area contributed by atoms with Crippen LogP contribution in [0.1, 0.15) is 37.4 Å². The third kappa shape index (κ3) is 6.64. The molecule has 2 aliphatic heterocycles. The molecule has 0 atom stereocenters. The highest BCUT2D eigenvalue weighted by Crippen LogP contribution is 2.39. The predicted molar refractivity (Wildman–Crippen MR) is 167 cm³/mol.